The van der Waals surface area contributed by atoms with Crippen molar-refractivity contribution in [2.24, 2.45) is 0 Å². The molecule has 0 aliphatic carbocycles. The van der Waals surface area contributed by atoms with Crippen LogP contribution in [0.4, 0.5) is 16.2 Å². The normalized spacial score (nSPS) is 17.3. The zero-order chi connectivity index (χ0) is 22.3. The summed E-state index contributed by atoms with van der Waals surface area (Å²) in [5, 5.41) is 8.88. The molecule has 0 saturated carbocycles. The van der Waals surface area contributed by atoms with Gasteiger partial charge < -0.3 is 20.4 Å². The number of carbonyl (C=O) groups excluding carboxylic acids is 2. The number of hydrogen-bond donors (Lipinski definition) is 2. The number of anilines is 2. The third-order valence-corrected chi connectivity index (χ3v) is 7.27. The third-order valence-electron chi connectivity index (χ3n) is 6.26. The largest absolute Gasteiger partial charge is 0.370 e. The van der Waals surface area contributed by atoms with Crippen LogP contribution in [-0.4, -0.2) is 54.5 Å². The second kappa shape index (κ2) is 10.8. The maximum Gasteiger partial charge on any atom is 0.317 e. The molecule has 2 aliphatic rings. The predicted octanol–water partition coefficient (Wildman–Crippen LogP) is 4.68. The first kappa shape index (κ1) is 22.6. The van der Waals surface area contributed by atoms with Gasteiger partial charge in [-0.1, -0.05) is 19.1 Å². The number of thiazole rings is 1. The second-order valence-corrected chi connectivity index (χ2v) is 9.47. The molecule has 172 valence electrons. The molecular weight excluding hydrogens is 422 g/mol. The number of likely N-dealkylation sites (tertiary alicyclic amines) is 1. The highest BCUT2D eigenvalue weighted by Gasteiger charge is 2.26. The van der Waals surface area contributed by atoms with E-state index in [1.807, 2.05) is 28.5 Å². The van der Waals surface area contributed by atoms with E-state index in [1.54, 1.807) is 11.3 Å². The zero-order valence-electron chi connectivity index (χ0n) is 18.8. The summed E-state index contributed by atoms with van der Waals surface area (Å²) < 4.78 is 0. The van der Waals surface area contributed by atoms with Gasteiger partial charge in [-0.05, 0) is 50.7 Å². The first-order valence-corrected chi connectivity index (χ1v) is 12.7. The highest BCUT2D eigenvalue weighted by atomic mass is 32.1. The molecule has 3 amide bonds. The van der Waals surface area contributed by atoms with Gasteiger partial charge in [0.05, 0.1) is 16.4 Å². The number of piperidine rings is 2. The Labute approximate surface area is 194 Å². The molecule has 0 unspecified atom stereocenters. The number of nitrogens with one attached hydrogen (secondary N) is 2. The van der Waals surface area contributed by atoms with Crippen molar-refractivity contribution < 1.29 is 9.59 Å². The summed E-state index contributed by atoms with van der Waals surface area (Å²) in [6, 6.07) is 8.05. The minimum atomic E-state index is -0.159. The Morgan fingerprint density at radius 3 is 2.59 bits per heavy atom. The summed E-state index contributed by atoms with van der Waals surface area (Å²) in [6.07, 6.45) is 6.36. The van der Waals surface area contributed by atoms with Crippen LogP contribution in [0.15, 0.2) is 29.6 Å². The molecule has 8 heteroatoms. The Balaban J connectivity index is 1.35. The van der Waals surface area contributed by atoms with Gasteiger partial charge in [0.25, 0.3) is 5.91 Å². The molecule has 2 saturated heterocycles. The van der Waals surface area contributed by atoms with Gasteiger partial charge in [0.2, 0.25) is 0 Å². The SMILES string of the molecule is CCCNC(=O)N1CCC(c2nc(C(=O)Nc3ccccc3N3CCCCC3)cs2)CC1. The molecule has 2 N–H and O–H groups in total. The van der Waals surface area contributed by atoms with Crippen LogP contribution >= 0.6 is 11.3 Å². The first-order chi connectivity index (χ1) is 15.7. The monoisotopic (exact) mass is 455 g/mol. The lowest BCUT2D eigenvalue weighted by molar-refractivity contribution is 0.102. The van der Waals surface area contributed by atoms with Crippen LogP contribution in [-0.2, 0) is 0 Å². The predicted molar refractivity (Wildman–Crippen MR) is 130 cm³/mol. The van der Waals surface area contributed by atoms with Crippen molar-refractivity contribution in [1.29, 1.82) is 0 Å². The molecule has 0 radical (unpaired) electrons. The van der Waals surface area contributed by atoms with E-state index in [0.717, 1.165) is 61.8 Å². The van der Waals surface area contributed by atoms with Crippen LogP contribution in [0.3, 0.4) is 0 Å². The summed E-state index contributed by atoms with van der Waals surface area (Å²) >= 11 is 1.55. The van der Waals surface area contributed by atoms with E-state index in [-0.39, 0.29) is 11.9 Å². The van der Waals surface area contributed by atoms with Crippen molar-refractivity contribution in [2.45, 2.75) is 51.4 Å². The van der Waals surface area contributed by atoms with E-state index in [1.165, 1.54) is 19.3 Å². The summed E-state index contributed by atoms with van der Waals surface area (Å²) in [5.41, 5.74) is 2.41. The Morgan fingerprint density at radius 1 is 1.09 bits per heavy atom. The number of rotatable bonds is 6. The van der Waals surface area contributed by atoms with Gasteiger partial charge >= 0.3 is 6.03 Å². The molecular formula is C24H33N5O2S. The Morgan fingerprint density at radius 2 is 1.84 bits per heavy atom. The van der Waals surface area contributed by atoms with Crippen molar-refractivity contribution in [3.05, 3.63) is 40.3 Å². The molecule has 1 aromatic heterocycles. The van der Waals surface area contributed by atoms with Gasteiger partial charge in [-0.2, -0.15) is 0 Å². The summed E-state index contributed by atoms with van der Waals surface area (Å²) in [5.74, 6) is 0.144. The van der Waals surface area contributed by atoms with E-state index in [9.17, 15) is 9.59 Å². The van der Waals surface area contributed by atoms with E-state index in [2.05, 4.69) is 33.5 Å². The Hall–Kier alpha value is -2.61. The fourth-order valence-electron chi connectivity index (χ4n) is 4.43. The van der Waals surface area contributed by atoms with Crippen LogP contribution in [0.1, 0.15) is 66.9 Å². The molecule has 7 nitrogen and oxygen atoms in total. The highest BCUT2D eigenvalue weighted by molar-refractivity contribution is 7.10. The summed E-state index contributed by atoms with van der Waals surface area (Å²) in [6.45, 7) is 6.28. The molecule has 1 aromatic carbocycles. The van der Waals surface area contributed by atoms with Crippen LogP contribution in [0.25, 0.3) is 0 Å². The van der Waals surface area contributed by atoms with Gasteiger partial charge in [-0.3, -0.25) is 4.79 Å². The van der Waals surface area contributed by atoms with Crippen molar-refractivity contribution >= 4 is 34.6 Å². The highest BCUT2D eigenvalue weighted by Crippen LogP contribution is 2.32. The van der Waals surface area contributed by atoms with E-state index in [0.29, 0.717) is 18.2 Å². The molecule has 0 spiro atoms. The quantitative estimate of drug-likeness (QED) is 0.663. The lowest BCUT2D eigenvalue weighted by Gasteiger charge is -2.31. The lowest BCUT2D eigenvalue weighted by atomic mass is 9.98. The summed E-state index contributed by atoms with van der Waals surface area (Å²) in [7, 11) is 0. The second-order valence-electron chi connectivity index (χ2n) is 8.58. The van der Waals surface area contributed by atoms with Crippen LogP contribution in [0.5, 0.6) is 0 Å². The maximum atomic E-state index is 12.9. The van der Waals surface area contributed by atoms with Crippen LogP contribution in [0.2, 0.25) is 0 Å². The molecule has 0 bridgehead atoms. The number of benzene rings is 1. The number of para-hydroxylation sites is 2. The van der Waals surface area contributed by atoms with Gasteiger partial charge in [0, 0.05) is 44.0 Å². The summed E-state index contributed by atoms with van der Waals surface area (Å²) in [4.78, 5) is 34.0. The van der Waals surface area contributed by atoms with E-state index < -0.39 is 0 Å². The molecule has 2 aromatic rings. The molecule has 4 rings (SSSR count). The van der Waals surface area contributed by atoms with Gasteiger partial charge in [0.15, 0.2) is 0 Å². The van der Waals surface area contributed by atoms with Gasteiger partial charge in [-0.15, -0.1) is 11.3 Å². The topological polar surface area (TPSA) is 77.6 Å². The lowest BCUT2D eigenvalue weighted by Crippen LogP contribution is -2.44. The Bertz CT molecular complexity index is 917. The zero-order valence-corrected chi connectivity index (χ0v) is 19.6. The van der Waals surface area contributed by atoms with Gasteiger partial charge in [0.1, 0.15) is 5.69 Å². The van der Waals surface area contributed by atoms with Crippen LogP contribution < -0.4 is 15.5 Å². The van der Waals surface area contributed by atoms with Gasteiger partial charge in [-0.25, -0.2) is 9.78 Å². The van der Waals surface area contributed by atoms with Crippen molar-refractivity contribution in [1.82, 2.24) is 15.2 Å². The van der Waals surface area contributed by atoms with Crippen LogP contribution in [0, 0.1) is 0 Å². The van der Waals surface area contributed by atoms with Crippen molar-refractivity contribution in [2.75, 3.05) is 42.9 Å². The standard InChI is InChI=1S/C24H33N5O2S/c1-2-12-25-24(31)29-15-10-18(11-16-29)23-27-20(17-32-23)22(30)26-19-8-4-5-9-21(19)28-13-6-3-7-14-28/h4-5,8-9,17-18H,2-3,6-7,10-16H2,1H3,(H,25,31)(H,26,30). The van der Waals surface area contributed by atoms with Crippen molar-refractivity contribution in [3.8, 4) is 0 Å². The number of hydrogen-bond acceptors (Lipinski definition) is 5. The Kier molecular flexibility index (Phi) is 7.63. The minimum absolute atomic E-state index is 0.0249. The average Bonchev–Trinajstić information content (AvgIpc) is 3.34. The van der Waals surface area contributed by atoms with Crippen molar-refractivity contribution in [3.63, 3.8) is 0 Å². The number of nitrogens with zero attached hydrogens (tertiary/aromatic N) is 3. The molecule has 2 fully saturated rings. The minimum Gasteiger partial charge on any atom is -0.370 e. The maximum absolute atomic E-state index is 12.9. The number of carbonyl (C=O) groups is 2. The van der Waals surface area contributed by atoms with E-state index in [4.69, 9.17) is 0 Å². The number of urea groups is 1. The smallest absolute Gasteiger partial charge is 0.317 e. The fraction of sp³-hybridized carbons (Fsp3) is 0.542. The van der Waals surface area contributed by atoms with E-state index >= 15 is 0 Å². The molecule has 32 heavy (non-hydrogen) atoms. The average molecular weight is 456 g/mol. The fourth-order valence-corrected chi connectivity index (χ4v) is 5.40. The first-order valence-electron chi connectivity index (χ1n) is 11.8. The molecule has 3 heterocycles. The molecule has 2 aliphatic heterocycles. The number of amides is 3. The number of aromatic nitrogens is 1. The third kappa shape index (κ3) is 5.41. The molecule has 0 atom stereocenters.